The number of hydrogen-bond acceptors (Lipinski definition) is 0. The van der Waals surface area contributed by atoms with Crippen molar-refractivity contribution in [2.75, 3.05) is 0 Å². The minimum absolute atomic E-state index is 1.88. The van der Waals surface area contributed by atoms with Gasteiger partial charge in [0.05, 0.1) is 0 Å². The van der Waals surface area contributed by atoms with Crippen LogP contribution in [-0.4, -0.2) is 32.6 Å². The Morgan fingerprint density at radius 2 is 1.25 bits per heavy atom. The van der Waals surface area contributed by atoms with Crippen molar-refractivity contribution in [3.63, 3.8) is 0 Å². The summed E-state index contributed by atoms with van der Waals surface area (Å²) in [6.07, 6.45) is 0. The number of hydrogen-bond donors (Lipinski definition) is 0. The Labute approximate surface area is 42.7 Å². The van der Waals surface area contributed by atoms with Crippen LogP contribution in [0.3, 0.4) is 0 Å². The fourth-order valence-corrected chi connectivity index (χ4v) is 0. The van der Waals surface area contributed by atoms with E-state index in [2.05, 4.69) is 32.6 Å². The van der Waals surface area contributed by atoms with E-state index >= 15 is 0 Å². The minimum atomic E-state index is 1.88. The van der Waals surface area contributed by atoms with Crippen molar-refractivity contribution in [3.05, 3.63) is 9.88 Å². The van der Waals surface area contributed by atoms with E-state index in [0.29, 0.717) is 0 Å². The molecule has 4 heavy (non-hydrogen) atoms. The molecule has 0 atom stereocenters. The van der Waals surface area contributed by atoms with E-state index in [1.807, 2.05) is 9.88 Å². The van der Waals surface area contributed by atoms with Crippen LogP contribution in [0.25, 0.3) is 0 Å². The van der Waals surface area contributed by atoms with Crippen molar-refractivity contribution in [1.29, 1.82) is 0 Å². The third-order valence-electron chi connectivity index (χ3n) is 0.111. The molecule has 4 radical (unpaired) electrons. The molecule has 0 amide bonds. The monoisotopic (exact) mass is 80.0 g/mol. The molecule has 16 valence electrons. The molecule has 0 nitrogen and oxygen atoms in total. The maximum Gasteiger partial charge on any atom is 0.158 e. The van der Waals surface area contributed by atoms with E-state index in [9.17, 15) is 0 Å². The summed E-state index contributed by atoms with van der Waals surface area (Å²) < 4.78 is 0. The van der Waals surface area contributed by atoms with E-state index < -0.39 is 0 Å². The van der Waals surface area contributed by atoms with E-state index in [-0.39, 0.29) is 0 Å². The van der Waals surface area contributed by atoms with Gasteiger partial charge in [0.25, 0.3) is 0 Å². The average Bonchev–Trinajstić information content (AvgIpc) is 1.37. The van der Waals surface area contributed by atoms with Gasteiger partial charge in [-0.15, -0.1) is 0 Å². The Morgan fingerprint density at radius 1 is 1.00 bits per heavy atom. The van der Waals surface area contributed by atoms with Crippen LogP contribution in [0.15, 0.2) is 9.88 Å². The smallest absolute Gasteiger partial charge is 0.158 e. The first-order valence-corrected chi connectivity index (χ1v) is 2.33. The molecule has 0 bridgehead atoms. The summed E-state index contributed by atoms with van der Waals surface area (Å²) in [5.41, 5.74) is 0. The lowest BCUT2D eigenvalue weighted by Crippen LogP contribution is -1.47. The van der Waals surface area contributed by atoms with Gasteiger partial charge in [-0.25, -0.2) is 0 Å². The molecule has 0 rings (SSSR count). The third kappa shape index (κ3) is 2.80. The summed E-state index contributed by atoms with van der Waals surface area (Å²) in [6.45, 7) is 0. The van der Waals surface area contributed by atoms with E-state index in [0.717, 1.165) is 0 Å². The van der Waals surface area contributed by atoms with E-state index in [1.165, 1.54) is 0 Å². The Balaban J connectivity index is 2.55. The Hall–Kier alpha value is 0.805. The second kappa shape index (κ2) is 3.80. The van der Waals surface area contributed by atoms with Gasteiger partial charge in [0.1, 0.15) is 0 Å². The Bertz CT molecular complexity index is 19.2. The van der Waals surface area contributed by atoms with Crippen molar-refractivity contribution in [2.24, 2.45) is 0 Å². The van der Waals surface area contributed by atoms with Crippen molar-refractivity contribution in [1.82, 2.24) is 0 Å². The van der Waals surface area contributed by atoms with Gasteiger partial charge < -0.3 is 0 Å². The van der Waals surface area contributed by atoms with Crippen LogP contribution in [-0.2, 0) is 0 Å². The molecule has 0 aromatic carbocycles. The van der Waals surface area contributed by atoms with Crippen LogP contribution in [0, 0.1) is 0 Å². The Morgan fingerprint density at radius 3 is 1.25 bits per heavy atom. The van der Waals surface area contributed by atoms with Crippen LogP contribution in [0.4, 0.5) is 0 Å². The minimum Gasteiger partial charge on any atom is -0.193 e. The maximum absolute atomic E-state index is 2.45. The third-order valence-corrected chi connectivity index (χ3v) is 1.00. The highest BCUT2D eigenvalue weighted by atomic mass is 27.1. The zero-order chi connectivity index (χ0) is 3.41. The predicted octanol–water partition coefficient (Wildman–Crippen LogP) is -0.205. The lowest BCUT2D eigenvalue weighted by molar-refractivity contribution is 2.50. The summed E-state index contributed by atoms with van der Waals surface area (Å²) in [7, 11) is 0. The van der Waals surface area contributed by atoms with E-state index in [4.69, 9.17) is 0 Å². The molecule has 0 aliphatic heterocycles. The highest BCUT2D eigenvalue weighted by molar-refractivity contribution is 6.25. The fourth-order valence-electron chi connectivity index (χ4n) is 0. The molecule has 0 aromatic heterocycles. The topological polar surface area (TPSA) is 0 Å². The quantitative estimate of drug-likeness (QED) is 0.353. The largest absolute Gasteiger partial charge is 0.193 e. The van der Waals surface area contributed by atoms with Gasteiger partial charge in [-0.1, -0.05) is 0 Å². The highest BCUT2D eigenvalue weighted by Crippen LogP contribution is 1.42. The first-order chi connectivity index (χ1) is 1.91. The van der Waals surface area contributed by atoms with Crippen LogP contribution in [0.5, 0.6) is 0 Å². The molecule has 0 heterocycles. The van der Waals surface area contributed by atoms with Crippen molar-refractivity contribution in [2.45, 2.75) is 0 Å². The molecule has 0 saturated heterocycles. The summed E-state index contributed by atoms with van der Waals surface area (Å²) in [4.78, 5) is 3.76. The molecule has 0 unspecified atom stereocenters. The molecule has 0 aliphatic rings. The van der Waals surface area contributed by atoms with Gasteiger partial charge in [0, 0.05) is 0 Å². The zero-order valence-corrected chi connectivity index (χ0v) is 4.62. The molecule has 0 spiro atoms. The van der Waals surface area contributed by atoms with Crippen molar-refractivity contribution < 1.29 is 0 Å². The average molecular weight is 80.0 g/mol. The Kier molecular flexibility index (Phi) is 4.57. The standard InChI is InChI=1S/C2H2.2Al/c1-2;;/h1-2H;;. The van der Waals surface area contributed by atoms with Crippen LogP contribution < -0.4 is 0 Å². The molecule has 0 aliphatic carbocycles. The van der Waals surface area contributed by atoms with Crippen LogP contribution >= 0.6 is 0 Å². The first-order valence-electron chi connectivity index (χ1n) is 1.00. The van der Waals surface area contributed by atoms with Gasteiger partial charge in [-0.3, -0.25) is 0 Å². The SMILES string of the molecule is [Al][CH]=[CH][Al]. The van der Waals surface area contributed by atoms with Crippen LogP contribution in [0.2, 0.25) is 0 Å². The van der Waals surface area contributed by atoms with Gasteiger partial charge >= 0.3 is 0 Å². The van der Waals surface area contributed by atoms with Gasteiger partial charge in [-0.05, 0) is 0 Å². The van der Waals surface area contributed by atoms with Gasteiger partial charge in [0.2, 0.25) is 0 Å². The van der Waals surface area contributed by atoms with Crippen LogP contribution in [0.1, 0.15) is 0 Å². The molecule has 0 N–H and O–H groups in total. The zero-order valence-electron chi connectivity index (χ0n) is 2.31. The molecule has 0 fully saturated rings. The highest BCUT2D eigenvalue weighted by Gasteiger charge is 1.35. The molecule has 0 aromatic rings. The normalized spacial score (nSPS) is 9.00. The van der Waals surface area contributed by atoms with Crippen molar-refractivity contribution >= 4 is 32.6 Å². The molecule has 2 heteroatoms. The lowest BCUT2D eigenvalue weighted by Gasteiger charge is -1.50. The maximum atomic E-state index is 2.45. The molecule has 0 saturated carbocycles. The summed E-state index contributed by atoms with van der Waals surface area (Å²) in [5.74, 6) is 0. The van der Waals surface area contributed by atoms with Gasteiger partial charge in [0.15, 0.2) is 32.6 Å². The summed E-state index contributed by atoms with van der Waals surface area (Å²) in [5, 5.41) is 0. The van der Waals surface area contributed by atoms with Gasteiger partial charge in [-0.2, -0.15) is 9.88 Å². The fraction of sp³-hybridized carbons (Fsp3) is 0. The van der Waals surface area contributed by atoms with E-state index in [1.54, 1.807) is 0 Å². The lowest BCUT2D eigenvalue weighted by atomic mass is 11.2. The molecular formula is C2H2Al2. The summed E-state index contributed by atoms with van der Waals surface area (Å²) in [6, 6.07) is 0. The number of rotatable bonds is 0. The predicted molar refractivity (Wildman–Crippen MR) is 20.6 cm³/mol. The second-order valence-corrected chi connectivity index (χ2v) is 1.15. The molecular weight excluding hydrogens is 78.0 g/mol. The summed E-state index contributed by atoms with van der Waals surface area (Å²) >= 11 is 4.91. The van der Waals surface area contributed by atoms with Crippen molar-refractivity contribution in [3.8, 4) is 0 Å². The second-order valence-electron chi connectivity index (χ2n) is 0.385. The first kappa shape index (κ1) is 4.80.